The van der Waals surface area contributed by atoms with Crippen molar-refractivity contribution in [2.45, 2.75) is 32.4 Å². The number of aromatic nitrogens is 1. The van der Waals surface area contributed by atoms with Crippen molar-refractivity contribution in [3.63, 3.8) is 0 Å². The van der Waals surface area contributed by atoms with Gasteiger partial charge in [0.25, 0.3) is 0 Å². The fourth-order valence-corrected chi connectivity index (χ4v) is 2.08. The Hall–Kier alpha value is -1.04. The van der Waals surface area contributed by atoms with Crippen LogP contribution < -0.4 is 5.32 Å². The summed E-state index contributed by atoms with van der Waals surface area (Å²) in [6.07, 6.45) is -2.76. The Kier molecular flexibility index (Phi) is 3.42. The molecule has 0 aliphatic carbocycles. The number of rotatable bonds is 3. The van der Waals surface area contributed by atoms with Gasteiger partial charge in [0, 0.05) is 12.8 Å². The van der Waals surface area contributed by atoms with Crippen LogP contribution in [0, 0.1) is 5.92 Å². The van der Waals surface area contributed by atoms with Crippen molar-refractivity contribution in [1.29, 1.82) is 0 Å². The minimum Gasteiger partial charge on any atom is -0.445 e. The lowest BCUT2D eigenvalue weighted by Gasteiger charge is -2.03. The van der Waals surface area contributed by atoms with Gasteiger partial charge in [-0.25, -0.2) is 4.98 Å². The average Bonchev–Trinajstić information content (AvgIpc) is 2.86. The molecule has 6 heteroatoms. The minimum atomic E-state index is -4.42. The van der Waals surface area contributed by atoms with Gasteiger partial charge in [-0.1, -0.05) is 6.92 Å². The molecule has 2 rings (SSSR count). The van der Waals surface area contributed by atoms with Crippen LogP contribution in [0.1, 0.15) is 30.7 Å². The van der Waals surface area contributed by atoms with Crippen LogP contribution in [-0.2, 0) is 19.0 Å². The van der Waals surface area contributed by atoms with Crippen LogP contribution in [0.15, 0.2) is 4.42 Å². The van der Waals surface area contributed by atoms with Crippen molar-refractivity contribution in [2.75, 3.05) is 13.1 Å². The molecule has 96 valence electrons. The zero-order valence-corrected chi connectivity index (χ0v) is 9.60. The lowest BCUT2D eigenvalue weighted by Crippen LogP contribution is -2.11. The molecule has 1 aromatic rings. The average molecular weight is 248 g/mol. The molecule has 1 aliphatic rings. The maximum atomic E-state index is 12.6. The summed E-state index contributed by atoms with van der Waals surface area (Å²) in [4.78, 5) is 3.60. The van der Waals surface area contributed by atoms with Crippen molar-refractivity contribution >= 4 is 0 Å². The highest BCUT2D eigenvalue weighted by atomic mass is 19.4. The normalized spacial score (nSPS) is 21.1. The molecule has 0 aromatic carbocycles. The smallest absolute Gasteiger partial charge is 0.436 e. The van der Waals surface area contributed by atoms with Gasteiger partial charge in [0.1, 0.15) is 5.76 Å². The first-order chi connectivity index (χ1) is 8.00. The highest BCUT2D eigenvalue weighted by molar-refractivity contribution is 5.14. The van der Waals surface area contributed by atoms with Gasteiger partial charge in [0.2, 0.25) is 0 Å². The molecule has 1 saturated heterocycles. The monoisotopic (exact) mass is 248 g/mol. The fourth-order valence-electron chi connectivity index (χ4n) is 2.08. The third-order valence-corrected chi connectivity index (χ3v) is 2.96. The fraction of sp³-hybridized carbons (Fsp3) is 0.727. The molecular formula is C11H15F3N2O. The summed E-state index contributed by atoms with van der Waals surface area (Å²) in [7, 11) is 0. The Balaban J connectivity index is 2.15. The molecule has 1 atom stereocenters. The second-order valence-electron chi connectivity index (χ2n) is 4.29. The molecule has 1 fully saturated rings. The van der Waals surface area contributed by atoms with Crippen molar-refractivity contribution in [3.8, 4) is 0 Å². The standard InChI is InChI=1S/C11H15F3N2O/c1-2-8-10(11(12,13)14)16-9(17-8)5-7-3-4-15-6-7/h7,15H,2-6H2,1H3. The number of nitrogens with zero attached hydrogens (tertiary/aromatic N) is 1. The van der Waals surface area contributed by atoms with Crippen LogP contribution in [0.25, 0.3) is 0 Å². The number of aryl methyl sites for hydroxylation is 1. The first-order valence-electron chi connectivity index (χ1n) is 5.77. The number of hydrogen-bond donors (Lipinski definition) is 1. The van der Waals surface area contributed by atoms with Crippen LogP contribution in [0.3, 0.4) is 0 Å². The van der Waals surface area contributed by atoms with E-state index in [1.54, 1.807) is 6.92 Å². The van der Waals surface area contributed by atoms with Crippen LogP contribution in [0.5, 0.6) is 0 Å². The first kappa shape index (κ1) is 12.4. The van der Waals surface area contributed by atoms with Gasteiger partial charge in [0.15, 0.2) is 11.6 Å². The van der Waals surface area contributed by atoms with E-state index in [0.717, 1.165) is 19.5 Å². The second kappa shape index (κ2) is 4.68. The quantitative estimate of drug-likeness (QED) is 0.892. The second-order valence-corrected chi connectivity index (χ2v) is 4.29. The van der Waals surface area contributed by atoms with Gasteiger partial charge in [-0.05, 0) is 25.4 Å². The number of nitrogens with one attached hydrogen (secondary N) is 1. The summed E-state index contributed by atoms with van der Waals surface area (Å²) in [5.74, 6) is 0.487. The maximum absolute atomic E-state index is 12.6. The molecule has 2 heterocycles. The van der Waals surface area contributed by atoms with E-state index in [2.05, 4.69) is 10.3 Å². The molecule has 1 N–H and O–H groups in total. The third kappa shape index (κ3) is 2.80. The van der Waals surface area contributed by atoms with Gasteiger partial charge in [0.05, 0.1) is 0 Å². The topological polar surface area (TPSA) is 38.1 Å². The van der Waals surface area contributed by atoms with Crippen molar-refractivity contribution in [3.05, 3.63) is 17.3 Å². The minimum absolute atomic E-state index is 0.0570. The Morgan fingerprint density at radius 1 is 1.47 bits per heavy atom. The van der Waals surface area contributed by atoms with E-state index in [0.29, 0.717) is 12.3 Å². The number of oxazole rings is 1. The molecule has 0 saturated carbocycles. The number of alkyl halides is 3. The van der Waals surface area contributed by atoms with E-state index in [1.165, 1.54) is 0 Å². The molecule has 3 nitrogen and oxygen atoms in total. The first-order valence-corrected chi connectivity index (χ1v) is 5.77. The maximum Gasteiger partial charge on any atom is 0.436 e. The Bertz CT molecular complexity index is 381. The predicted molar refractivity (Wildman–Crippen MR) is 55.6 cm³/mol. The molecule has 0 spiro atoms. The summed E-state index contributed by atoms with van der Waals surface area (Å²) < 4.78 is 43.1. The molecule has 1 unspecified atom stereocenters. The SMILES string of the molecule is CCc1oc(CC2CCNC2)nc1C(F)(F)F. The molecule has 0 bridgehead atoms. The van der Waals surface area contributed by atoms with Gasteiger partial charge in [-0.15, -0.1) is 0 Å². The molecule has 0 amide bonds. The molecule has 1 aromatic heterocycles. The highest BCUT2D eigenvalue weighted by Crippen LogP contribution is 2.32. The molecule has 0 radical (unpaired) electrons. The van der Waals surface area contributed by atoms with Crippen LogP contribution in [0.2, 0.25) is 0 Å². The van der Waals surface area contributed by atoms with Gasteiger partial charge < -0.3 is 9.73 Å². The zero-order chi connectivity index (χ0) is 12.5. The Morgan fingerprint density at radius 2 is 2.24 bits per heavy atom. The van der Waals surface area contributed by atoms with Crippen LogP contribution in [0.4, 0.5) is 13.2 Å². The van der Waals surface area contributed by atoms with E-state index in [4.69, 9.17) is 4.42 Å². The van der Waals surface area contributed by atoms with Crippen molar-refractivity contribution < 1.29 is 17.6 Å². The van der Waals surface area contributed by atoms with Crippen molar-refractivity contribution in [1.82, 2.24) is 10.3 Å². The van der Waals surface area contributed by atoms with Gasteiger partial charge in [-0.3, -0.25) is 0 Å². The highest BCUT2D eigenvalue weighted by Gasteiger charge is 2.38. The Labute approximate surface area is 97.4 Å². The van der Waals surface area contributed by atoms with Gasteiger partial charge in [-0.2, -0.15) is 13.2 Å². The van der Waals surface area contributed by atoms with Crippen molar-refractivity contribution in [2.24, 2.45) is 5.92 Å². The Morgan fingerprint density at radius 3 is 2.71 bits per heavy atom. The number of hydrogen-bond acceptors (Lipinski definition) is 3. The lowest BCUT2D eigenvalue weighted by atomic mass is 10.1. The van der Waals surface area contributed by atoms with E-state index < -0.39 is 11.9 Å². The zero-order valence-electron chi connectivity index (χ0n) is 9.60. The largest absolute Gasteiger partial charge is 0.445 e. The summed E-state index contributed by atoms with van der Waals surface area (Å²) >= 11 is 0. The number of halogens is 3. The summed E-state index contributed by atoms with van der Waals surface area (Å²) in [5, 5.41) is 3.17. The molecular weight excluding hydrogens is 233 g/mol. The predicted octanol–water partition coefficient (Wildman–Crippen LogP) is 2.41. The summed E-state index contributed by atoms with van der Waals surface area (Å²) in [5.41, 5.74) is -0.860. The van der Waals surface area contributed by atoms with E-state index in [9.17, 15) is 13.2 Å². The lowest BCUT2D eigenvalue weighted by molar-refractivity contribution is -0.141. The molecule has 17 heavy (non-hydrogen) atoms. The van der Waals surface area contributed by atoms with Gasteiger partial charge >= 0.3 is 6.18 Å². The summed E-state index contributed by atoms with van der Waals surface area (Å²) in [6.45, 7) is 3.37. The summed E-state index contributed by atoms with van der Waals surface area (Å²) in [6, 6.07) is 0. The molecule has 1 aliphatic heterocycles. The van der Waals surface area contributed by atoms with E-state index in [-0.39, 0.29) is 18.1 Å². The van der Waals surface area contributed by atoms with E-state index >= 15 is 0 Å². The van der Waals surface area contributed by atoms with Crippen LogP contribution >= 0.6 is 0 Å². The third-order valence-electron chi connectivity index (χ3n) is 2.96. The van der Waals surface area contributed by atoms with E-state index in [1.807, 2.05) is 0 Å². The van der Waals surface area contributed by atoms with Crippen LogP contribution in [-0.4, -0.2) is 18.1 Å².